The molecule has 126 valence electrons. The van der Waals surface area contributed by atoms with Crippen LogP contribution in [0.3, 0.4) is 0 Å². The van der Waals surface area contributed by atoms with Gasteiger partial charge in [0.15, 0.2) is 12.4 Å². The van der Waals surface area contributed by atoms with E-state index in [1.165, 1.54) is 12.1 Å². The van der Waals surface area contributed by atoms with Gasteiger partial charge in [0, 0.05) is 5.69 Å². The van der Waals surface area contributed by atoms with Crippen LogP contribution in [0.1, 0.15) is 0 Å². The lowest BCUT2D eigenvalue weighted by Gasteiger charge is -2.39. The number of hydrogen-bond donors (Lipinski definition) is 5. The minimum atomic E-state index is -1.51. The third-order valence-corrected chi connectivity index (χ3v) is 3.42. The van der Waals surface area contributed by atoms with Crippen LogP contribution in [0, 0.1) is 0 Å². The first kappa shape index (κ1) is 17.4. The number of carbonyl (C=O) groups excluding carboxylic acids is 1. The van der Waals surface area contributed by atoms with Crippen molar-refractivity contribution in [2.24, 2.45) is 0 Å². The Morgan fingerprint density at radius 3 is 2.48 bits per heavy atom. The highest BCUT2D eigenvalue weighted by Gasteiger charge is 2.45. The molecule has 8 nitrogen and oxygen atoms in total. The van der Waals surface area contributed by atoms with Gasteiger partial charge in [0.1, 0.15) is 24.1 Å². The van der Waals surface area contributed by atoms with Crippen LogP contribution in [0.2, 0.25) is 0 Å². The summed E-state index contributed by atoms with van der Waals surface area (Å²) in [5.41, 5.74) is 0.517. The first-order valence-corrected chi connectivity index (χ1v) is 6.97. The van der Waals surface area contributed by atoms with Crippen molar-refractivity contribution in [3.8, 4) is 5.75 Å². The fraction of sp³-hybridized carbons (Fsp3) is 0.400. The fourth-order valence-corrected chi connectivity index (χ4v) is 2.17. The normalized spacial score (nSPS) is 30.5. The van der Waals surface area contributed by atoms with Gasteiger partial charge in [-0.25, -0.2) is 0 Å². The Hall–Kier alpha value is -1.97. The van der Waals surface area contributed by atoms with Gasteiger partial charge in [0.05, 0.1) is 6.61 Å². The summed E-state index contributed by atoms with van der Waals surface area (Å²) in [5.74, 6) is -0.0636. The summed E-state index contributed by atoms with van der Waals surface area (Å²) in [7, 11) is 0. The second-order valence-corrected chi connectivity index (χ2v) is 5.03. The lowest BCUT2D eigenvalue weighted by molar-refractivity contribution is -0.280. The average Bonchev–Trinajstić information content (AvgIpc) is 2.56. The molecule has 0 aliphatic carbocycles. The van der Waals surface area contributed by atoms with Crippen LogP contribution in [0.15, 0.2) is 36.9 Å². The summed E-state index contributed by atoms with van der Waals surface area (Å²) < 4.78 is 10.4. The van der Waals surface area contributed by atoms with Crippen molar-refractivity contribution in [3.63, 3.8) is 0 Å². The van der Waals surface area contributed by atoms with Gasteiger partial charge in [0.25, 0.3) is 0 Å². The number of aliphatic hydroxyl groups excluding tert-OH is 4. The maximum Gasteiger partial charge on any atom is 0.247 e. The monoisotopic (exact) mass is 325 g/mol. The third-order valence-electron chi connectivity index (χ3n) is 3.42. The van der Waals surface area contributed by atoms with Crippen molar-refractivity contribution >= 4 is 11.6 Å². The second kappa shape index (κ2) is 7.53. The molecule has 0 spiro atoms. The minimum absolute atomic E-state index is 0.294. The zero-order chi connectivity index (χ0) is 17.0. The Kier molecular flexibility index (Phi) is 5.69. The topological polar surface area (TPSA) is 128 Å². The number of ether oxygens (including phenoxy) is 2. The number of anilines is 1. The van der Waals surface area contributed by atoms with E-state index in [-0.39, 0.29) is 5.91 Å². The molecule has 5 N–H and O–H groups in total. The highest BCUT2D eigenvalue weighted by atomic mass is 16.7. The molecule has 1 aromatic carbocycles. The fourth-order valence-electron chi connectivity index (χ4n) is 2.17. The molecular formula is C15H19NO7. The van der Waals surface area contributed by atoms with E-state index in [0.717, 1.165) is 6.08 Å². The van der Waals surface area contributed by atoms with Crippen LogP contribution < -0.4 is 10.1 Å². The lowest BCUT2D eigenvalue weighted by atomic mass is 9.99. The van der Waals surface area contributed by atoms with Gasteiger partial charge in [-0.15, -0.1) is 0 Å². The van der Waals surface area contributed by atoms with Crippen molar-refractivity contribution < 1.29 is 34.7 Å². The maximum absolute atomic E-state index is 11.2. The zero-order valence-electron chi connectivity index (χ0n) is 12.2. The summed E-state index contributed by atoms with van der Waals surface area (Å²) in [6.07, 6.45) is -5.51. The van der Waals surface area contributed by atoms with Crippen LogP contribution in [-0.2, 0) is 9.53 Å². The van der Waals surface area contributed by atoms with Crippen LogP contribution in [0.25, 0.3) is 0 Å². The quantitative estimate of drug-likeness (QED) is 0.439. The predicted octanol–water partition coefficient (Wildman–Crippen LogP) is -1.01. The molecule has 1 aliphatic heterocycles. The molecule has 1 heterocycles. The Labute approximate surface area is 132 Å². The molecule has 1 aromatic rings. The molecule has 8 heteroatoms. The molecule has 0 unspecified atom stereocenters. The molecule has 1 fully saturated rings. The highest BCUT2D eigenvalue weighted by Crippen LogP contribution is 2.25. The van der Waals surface area contributed by atoms with Crippen molar-refractivity contribution in [1.29, 1.82) is 0 Å². The first-order valence-electron chi connectivity index (χ1n) is 6.97. The third kappa shape index (κ3) is 4.06. The summed E-state index contributed by atoms with van der Waals surface area (Å²) in [6, 6.07) is 6.16. The van der Waals surface area contributed by atoms with Gasteiger partial charge in [-0.1, -0.05) is 6.58 Å². The Bertz CT molecular complexity index is 547. The molecular weight excluding hydrogens is 306 g/mol. The molecule has 1 saturated heterocycles. The van der Waals surface area contributed by atoms with Crippen LogP contribution in [0.4, 0.5) is 5.69 Å². The average molecular weight is 325 g/mol. The summed E-state index contributed by atoms with van der Waals surface area (Å²) in [5, 5.41) is 41.2. The lowest BCUT2D eigenvalue weighted by Crippen LogP contribution is -2.60. The molecule has 23 heavy (non-hydrogen) atoms. The molecule has 1 aliphatic rings. The van der Waals surface area contributed by atoms with Crippen molar-refractivity contribution in [1.82, 2.24) is 0 Å². The van der Waals surface area contributed by atoms with E-state index < -0.39 is 37.3 Å². The number of aliphatic hydroxyl groups is 4. The van der Waals surface area contributed by atoms with Gasteiger partial charge in [-0.2, -0.15) is 0 Å². The highest BCUT2D eigenvalue weighted by molar-refractivity contribution is 5.98. The number of nitrogens with one attached hydrogen (secondary N) is 1. The van der Waals surface area contributed by atoms with Crippen LogP contribution >= 0.6 is 0 Å². The van der Waals surface area contributed by atoms with E-state index in [1.807, 2.05) is 0 Å². The summed E-state index contributed by atoms with van der Waals surface area (Å²) in [6.45, 7) is 2.80. The number of hydrogen-bond acceptors (Lipinski definition) is 7. The minimum Gasteiger partial charge on any atom is -0.482 e. The largest absolute Gasteiger partial charge is 0.482 e. The van der Waals surface area contributed by atoms with Crippen molar-refractivity contribution in [2.45, 2.75) is 30.7 Å². The summed E-state index contributed by atoms with van der Waals surface area (Å²) >= 11 is 0. The molecule has 0 aromatic heterocycles. The Balaban J connectivity index is 2.03. The van der Waals surface area contributed by atoms with E-state index in [9.17, 15) is 20.1 Å². The maximum atomic E-state index is 11.2. The zero-order valence-corrected chi connectivity index (χ0v) is 12.2. The van der Waals surface area contributed by atoms with Crippen LogP contribution in [0.5, 0.6) is 5.75 Å². The number of amides is 1. The van der Waals surface area contributed by atoms with E-state index >= 15 is 0 Å². The number of rotatable bonds is 5. The predicted molar refractivity (Wildman–Crippen MR) is 79.7 cm³/mol. The van der Waals surface area contributed by atoms with Crippen LogP contribution in [-0.4, -0.2) is 63.6 Å². The standard InChI is InChI=1S/C15H19NO7/c1-2-11(18)16-8-3-5-9(6-4-8)22-14-13(20)12(19)10(7-17)23-15(14)21/h2-6,10,12-15,17,19-21H,1,7H2,(H,16,18)/t10-,12-,13+,14+,15+/m1/s1. The van der Waals surface area contributed by atoms with E-state index in [2.05, 4.69) is 11.9 Å². The van der Waals surface area contributed by atoms with Gasteiger partial charge < -0.3 is 35.2 Å². The SMILES string of the molecule is C=CC(=O)Nc1ccc(O[C@H]2[C@@H](O)[C@H](O)[C@@H](CO)O[C@@H]2O)cc1. The molecule has 0 radical (unpaired) electrons. The number of benzene rings is 1. The van der Waals surface area contributed by atoms with Crippen molar-refractivity contribution in [2.75, 3.05) is 11.9 Å². The van der Waals surface area contributed by atoms with Crippen molar-refractivity contribution in [3.05, 3.63) is 36.9 Å². The Morgan fingerprint density at radius 2 is 1.91 bits per heavy atom. The molecule has 0 bridgehead atoms. The van der Waals surface area contributed by atoms with E-state index in [0.29, 0.717) is 11.4 Å². The first-order chi connectivity index (χ1) is 11.0. The molecule has 0 saturated carbocycles. The van der Waals surface area contributed by atoms with Gasteiger partial charge in [-0.3, -0.25) is 4.79 Å². The van der Waals surface area contributed by atoms with Gasteiger partial charge in [0.2, 0.25) is 5.91 Å². The molecule has 2 rings (SSSR count). The van der Waals surface area contributed by atoms with E-state index in [4.69, 9.17) is 14.6 Å². The molecule has 5 atom stereocenters. The van der Waals surface area contributed by atoms with Gasteiger partial charge in [-0.05, 0) is 30.3 Å². The Morgan fingerprint density at radius 1 is 1.26 bits per heavy atom. The van der Waals surface area contributed by atoms with E-state index in [1.54, 1.807) is 12.1 Å². The number of carbonyl (C=O) groups is 1. The van der Waals surface area contributed by atoms with Gasteiger partial charge >= 0.3 is 0 Å². The molecule has 1 amide bonds. The second-order valence-electron chi connectivity index (χ2n) is 5.03. The summed E-state index contributed by atoms with van der Waals surface area (Å²) in [4.78, 5) is 11.2. The smallest absolute Gasteiger partial charge is 0.247 e.